The van der Waals surface area contributed by atoms with Crippen LogP contribution in [-0.4, -0.2) is 42.9 Å². The maximum Gasteiger partial charge on any atom is 0.190 e. The van der Waals surface area contributed by atoms with Crippen molar-refractivity contribution in [3.05, 3.63) is 106 Å². The van der Waals surface area contributed by atoms with E-state index < -0.39 is 0 Å². The standard InChI is InChI=1S/C48H73NO2S2.CH4/c1-39(2)27-24-28-40(3)29-25-30-41(4)31-26-32-43(35-36-44-42(5)47(50)45-33-20-21-34-46(45)48(44)51)53-52-38-23-19-17-15-13-11-9-8-10-12-14-16-18-22-37-49(6)7;/h9-12,14,16,18,20-22,33-35,39-41H,8,13,15,17,19,23-32,36-38H2,1-7H3;1H4/b11-9-,12-10-,16-14-,22-18+,43-35+;. The van der Waals surface area contributed by atoms with Crippen molar-refractivity contribution in [1.29, 1.82) is 0 Å². The molecule has 0 bridgehead atoms. The van der Waals surface area contributed by atoms with Crippen LogP contribution < -0.4 is 0 Å². The monoisotopic (exact) mass is 776 g/mol. The van der Waals surface area contributed by atoms with E-state index >= 15 is 0 Å². The van der Waals surface area contributed by atoms with E-state index in [4.69, 9.17) is 0 Å². The molecule has 302 valence electrons. The van der Waals surface area contributed by atoms with E-state index in [1.807, 2.05) is 40.6 Å². The van der Waals surface area contributed by atoms with Gasteiger partial charge >= 0.3 is 0 Å². The minimum absolute atomic E-state index is 0. The number of unbranched alkanes of at least 4 members (excludes halogenated alkanes) is 4. The topological polar surface area (TPSA) is 37.4 Å². The van der Waals surface area contributed by atoms with Gasteiger partial charge < -0.3 is 4.90 Å². The minimum atomic E-state index is -0.00467. The molecular weight excluding hydrogens is 699 g/mol. The highest BCUT2D eigenvalue weighted by atomic mass is 33.1. The Hall–Kier alpha value is -2.34. The van der Waals surface area contributed by atoms with Gasteiger partial charge in [-0.15, -0.1) is 0 Å². The number of hydrogen-bond acceptors (Lipinski definition) is 5. The van der Waals surface area contributed by atoms with Crippen LogP contribution in [0.3, 0.4) is 0 Å². The summed E-state index contributed by atoms with van der Waals surface area (Å²) in [6.45, 7) is 12.3. The lowest BCUT2D eigenvalue weighted by Crippen LogP contribution is -2.20. The molecule has 1 aliphatic carbocycles. The molecule has 54 heavy (non-hydrogen) atoms. The average molecular weight is 776 g/mol. The molecule has 0 spiro atoms. The Morgan fingerprint density at radius 3 is 1.98 bits per heavy atom. The van der Waals surface area contributed by atoms with Gasteiger partial charge in [0, 0.05) is 34.6 Å². The molecule has 2 unspecified atom stereocenters. The summed E-state index contributed by atoms with van der Waals surface area (Å²) in [6, 6.07) is 7.27. The van der Waals surface area contributed by atoms with E-state index in [-0.39, 0.29) is 19.0 Å². The molecular formula is C49H77NO2S2. The van der Waals surface area contributed by atoms with Crippen molar-refractivity contribution in [2.45, 2.75) is 145 Å². The second-order valence-electron chi connectivity index (χ2n) is 15.9. The van der Waals surface area contributed by atoms with Crippen molar-refractivity contribution in [3.63, 3.8) is 0 Å². The second-order valence-corrected chi connectivity index (χ2v) is 18.4. The summed E-state index contributed by atoms with van der Waals surface area (Å²) < 4.78 is 0. The number of Topliss-reactive ketones (excluding diaryl/α,β-unsaturated/α-hetero) is 2. The smallest absolute Gasteiger partial charge is 0.190 e. The zero-order valence-electron chi connectivity index (χ0n) is 34.5. The van der Waals surface area contributed by atoms with Crippen molar-refractivity contribution in [2.24, 2.45) is 17.8 Å². The Balaban J connectivity index is 0.0000146. The van der Waals surface area contributed by atoms with Crippen LogP contribution >= 0.6 is 21.6 Å². The minimum Gasteiger partial charge on any atom is -0.306 e. The van der Waals surface area contributed by atoms with Gasteiger partial charge in [-0.2, -0.15) is 0 Å². The molecule has 5 heteroatoms. The molecule has 0 N–H and O–H groups in total. The average Bonchev–Trinajstić information content (AvgIpc) is 3.12. The van der Waals surface area contributed by atoms with E-state index in [1.54, 1.807) is 12.1 Å². The number of allylic oxidation sites excluding steroid dienone is 11. The van der Waals surface area contributed by atoms with Gasteiger partial charge in [0.2, 0.25) is 0 Å². The first kappa shape index (κ1) is 49.7. The molecule has 2 atom stereocenters. The molecule has 0 heterocycles. The largest absolute Gasteiger partial charge is 0.306 e. The quantitative estimate of drug-likeness (QED) is 0.0351. The van der Waals surface area contributed by atoms with Crippen molar-refractivity contribution in [2.75, 3.05) is 26.4 Å². The predicted molar refractivity (Wildman–Crippen MR) is 245 cm³/mol. The first-order chi connectivity index (χ1) is 25.6. The van der Waals surface area contributed by atoms with Crippen molar-refractivity contribution in [1.82, 2.24) is 4.90 Å². The fourth-order valence-corrected chi connectivity index (χ4v) is 9.06. The van der Waals surface area contributed by atoms with Crippen molar-refractivity contribution >= 4 is 33.2 Å². The summed E-state index contributed by atoms with van der Waals surface area (Å²) >= 11 is 0. The predicted octanol–water partition coefficient (Wildman–Crippen LogP) is 15.2. The molecule has 1 aromatic carbocycles. The van der Waals surface area contributed by atoms with Gasteiger partial charge in [0.15, 0.2) is 11.6 Å². The molecule has 3 nitrogen and oxygen atoms in total. The second kappa shape index (κ2) is 30.8. The normalized spacial score (nSPS) is 15.2. The Kier molecular flexibility index (Phi) is 28.4. The van der Waals surface area contributed by atoms with Crippen LogP contribution in [0.25, 0.3) is 0 Å². The van der Waals surface area contributed by atoms with E-state index in [2.05, 4.69) is 101 Å². The van der Waals surface area contributed by atoms with Crippen LogP contribution in [0, 0.1) is 17.8 Å². The molecule has 1 aliphatic rings. The molecule has 0 amide bonds. The Labute approximate surface area is 341 Å². The first-order valence-corrected chi connectivity index (χ1v) is 23.1. The van der Waals surface area contributed by atoms with Gasteiger partial charge in [0.05, 0.1) is 0 Å². The molecule has 0 saturated carbocycles. The summed E-state index contributed by atoms with van der Waals surface area (Å²) in [5, 5.41) is 0. The third kappa shape index (κ3) is 22.3. The Morgan fingerprint density at radius 2 is 1.31 bits per heavy atom. The number of hydrogen-bond donors (Lipinski definition) is 0. The van der Waals surface area contributed by atoms with Gasteiger partial charge in [-0.3, -0.25) is 9.59 Å². The number of fused-ring (bicyclic) bond motifs is 1. The Bertz CT molecular complexity index is 1380. The molecule has 0 aromatic heterocycles. The number of likely N-dealkylation sites (N-methyl/N-ethyl adjacent to an activating group) is 1. The van der Waals surface area contributed by atoms with Crippen molar-refractivity contribution < 1.29 is 9.59 Å². The number of rotatable bonds is 29. The van der Waals surface area contributed by atoms with Gasteiger partial charge in [-0.05, 0) is 88.6 Å². The number of carbonyl (C=O) groups excluding carboxylic acids is 2. The van der Waals surface area contributed by atoms with Crippen molar-refractivity contribution in [3.8, 4) is 0 Å². The van der Waals surface area contributed by atoms with E-state index in [1.165, 1.54) is 82.0 Å². The van der Waals surface area contributed by atoms with E-state index in [0.29, 0.717) is 28.7 Å². The molecule has 0 saturated heterocycles. The Morgan fingerprint density at radius 1 is 0.704 bits per heavy atom. The fourth-order valence-electron chi connectivity index (χ4n) is 6.62. The third-order valence-electron chi connectivity index (χ3n) is 10.0. The molecule has 0 radical (unpaired) electrons. The highest BCUT2D eigenvalue weighted by Crippen LogP contribution is 2.37. The SMILES string of the molecule is C.CC1=C(C/C=C(\CCCC(C)CCCC(C)CCCC(C)C)SSCCCCCC/C=C\C\C=C/C=C\C=C\CN(C)C)C(=O)c2ccccc2C1=O. The molecule has 0 fully saturated rings. The molecule has 0 aliphatic heterocycles. The van der Waals surface area contributed by atoms with E-state index in [9.17, 15) is 9.59 Å². The van der Waals surface area contributed by atoms with Gasteiger partial charge in [-0.25, -0.2) is 0 Å². The summed E-state index contributed by atoms with van der Waals surface area (Å²) in [5.74, 6) is 3.54. The van der Waals surface area contributed by atoms with Crippen LogP contribution in [0.2, 0.25) is 0 Å². The number of nitrogens with zero attached hydrogens (tertiary/aromatic N) is 1. The zero-order valence-corrected chi connectivity index (χ0v) is 36.2. The zero-order chi connectivity index (χ0) is 38.7. The van der Waals surface area contributed by atoms with Gasteiger partial charge in [0.25, 0.3) is 0 Å². The summed E-state index contributed by atoms with van der Waals surface area (Å²) in [4.78, 5) is 30.0. The van der Waals surface area contributed by atoms with Gasteiger partial charge in [0.1, 0.15) is 0 Å². The lowest BCUT2D eigenvalue weighted by atomic mass is 9.83. The maximum absolute atomic E-state index is 13.4. The summed E-state index contributed by atoms with van der Waals surface area (Å²) in [6.07, 6.45) is 38.9. The first-order valence-electron chi connectivity index (χ1n) is 20.7. The summed E-state index contributed by atoms with van der Waals surface area (Å²) in [7, 11) is 8.00. The van der Waals surface area contributed by atoms with Crippen LogP contribution in [0.1, 0.15) is 165 Å². The van der Waals surface area contributed by atoms with Crippen LogP contribution in [0.15, 0.2) is 95.0 Å². The van der Waals surface area contributed by atoms with Crippen LogP contribution in [-0.2, 0) is 0 Å². The lowest BCUT2D eigenvalue weighted by molar-refractivity contribution is 0.0973. The maximum atomic E-state index is 13.4. The molecule has 1 aromatic rings. The number of benzene rings is 1. The fraction of sp³-hybridized carbons (Fsp3) is 0.592. The van der Waals surface area contributed by atoms with Gasteiger partial charge in [-0.1, -0.05) is 193 Å². The number of carbonyl (C=O) groups is 2. The molecule has 2 rings (SSSR count). The summed E-state index contributed by atoms with van der Waals surface area (Å²) in [5.41, 5.74) is 2.37. The van der Waals surface area contributed by atoms with Crippen LogP contribution in [0.4, 0.5) is 0 Å². The number of ketones is 2. The lowest BCUT2D eigenvalue weighted by Gasteiger charge is -2.18. The van der Waals surface area contributed by atoms with E-state index in [0.717, 1.165) is 49.3 Å². The highest BCUT2D eigenvalue weighted by Gasteiger charge is 2.28. The van der Waals surface area contributed by atoms with Crippen LogP contribution in [0.5, 0.6) is 0 Å². The third-order valence-corrected chi connectivity index (χ3v) is 12.7. The highest BCUT2D eigenvalue weighted by molar-refractivity contribution is 8.78.